The summed E-state index contributed by atoms with van der Waals surface area (Å²) in [5, 5.41) is 16.0. The van der Waals surface area contributed by atoms with Crippen molar-refractivity contribution < 1.29 is 27.9 Å². The van der Waals surface area contributed by atoms with Crippen LogP contribution in [-0.2, 0) is 38.8 Å². The van der Waals surface area contributed by atoms with Gasteiger partial charge in [0.2, 0.25) is 0 Å². The van der Waals surface area contributed by atoms with Crippen molar-refractivity contribution in [2.24, 2.45) is 0 Å². The van der Waals surface area contributed by atoms with Gasteiger partial charge in [-0.2, -0.15) is 0 Å². The van der Waals surface area contributed by atoms with E-state index in [1.54, 1.807) is 0 Å². The Bertz CT molecular complexity index is 4230. The van der Waals surface area contributed by atoms with E-state index in [0.29, 0.717) is 0 Å². The average Bonchev–Trinajstić information content (AvgIpc) is 3.54. The van der Waals surface area contributed by atoms with Gasteiger partial charge >= 0.3 is 21.1 Å². The summed E-state index contributed by atoms with van der Waals surface area (Å²) in [4.78, 5) is 0. The SMILES string of the molecule is C.CC1(C)OB(B2OC(C)(C)C(C)(C)O2)OC1(C)C.CC1(C)c2cc(B3OC(C)(C)C(C)(C)O3)ccc2-c2cc3c4ccccc4c4ccccc4c3cc21.CC1(C)c2cc(Br)ccc2-c2cc3c4ccccc4c4ccccc4c3cc21. The van der Waals surface area contributed by atoms with Crippen LogP contribution in [0.4, 0.5) is 0 Å². The first kappa shape index (κ1) is 57.6. The Morgan fingerprint density at radius 1 is 0.277 bits per heavy atom. The van der Waals surface area contributed by atoms with Gasteiger partial charge in [0.15, 0.2) is 0 Å². The molecule has 0 saturated carbocycles. The van der Waals surface area contributed by atoms with Crippen molar-refractivity contribution in [3.8, 4) is 22.3 Å². The summed E-state index contributed by atoms with van der Waals surface area (Å²) in [5.41, 5.74) is 9.77. The molecule has 5 aliphatic rings. The molecule has 0 aromatic heterocycles. The summed E-state index contributed by atoms with van der Waals surface area (Å²) >= 11 is 3.67. The Balaban J connectivity index is 0.000000129. The molecule has 422 valence electrons. The highest BCUT2D eigenvalue weighted by atomic mass is 79.9. The second kappa shape index (κ2) is 19.4. The van der Waals surface area contributed by atoms with Gasteiger partial charge in [-0.05, 0) is 234 Å². The van der Waals surface area contributed by atoms with Crippen molar-refractivity contribution in [3.05, 3.63) is 184 Å². The van der Waals surface area contributed by atoms with Crippen molar-refractivity contribution in [1.82, 2.24) is 0 Å². The van der Waals surface area contributed by atoms with Crippen LogP contribution >= 0.6 is 15.9 Å². The van der Waals surface area contributed by atoms with Crippen molar-refractivity contribution in [2.45, 2.75) is 163 Å². The van der Waals surface area contributed by atoms with Crippen LogP contribution in [0.15, 0.2) is 162 Å². The molecule has 2 aliphatic carbocycles. The first-order chi connectivity index (χ1) is 38.5. The summed E-state index contributed by atoms with van der Waals surface area (Å²) in [6.45, 7) is 34.0. The third-order valence-electron chi connectivity index (χ3n) is 20.4. The normalized spacial score (nSPS) is 20.2. The predicted octanol–water partition coefficient (Wildman–Crippen LogP) is 18.9. The summed E-state index contributed by atoms with van der Waals surface area (Å²) in [5.74, 6) is 0. The number of hydrogen-bond acceptors (Lipinski definition) is 6. The number of fused-ring (bicyclic) bond motifs is 18. The van der Waals surface area contributed by atoms with Crippen LogP contribution in [0.2, 0.25) is 0 Å². The molecule has 3 heterocycles. The molecule has 0 spiro atoms. The second-order valence-corrected chi connectivity index (χ2v) is 28.6. The monoisotopic (exact) mass is 1160 g/mol. The Labute approximate surface area is 501 Å². The van der Waals surface area contributed by atoms with E-state index in [2.05, 4.69) is 229 Å². The van der Waals surface area contributed by atoms with Gasteiger partial charge in [0.1, 0.15) is 0 Å². The fourth-order valence-electron chi connectivity index (χ4n) is 13.4. The van der Waals surface area contributed by atoms with Crippen LogP contribution in [-0.4, -0.2) is 54.7 Å². The molecule has 15 rings (SSSR count). The lowest BCUT2D eigenvalue weighted by Gasteiger charge is -2.32. The smallest absolute Gasteiger partial charge is 0.405 e. The zero-order valence-electron chi connectivity index (χ0n) is 50.6. The molecule has 0 bridgehead atoms. The third-order valence-corrected chi connectivity index (χ3v) is 20.8. The minimum absolute atomic E-state index is 0. The van der Waals surface area contributed by atoms with E-state index in [0.717, 1.165) is 9.94 Å². The molecule has 10 heteroatoms. The molecule has 0 atom stereocenters. The van der Waals surface area contributed by atoms with Gasteiger partial charge in [-0.3, -0.25) is 0 Å². The molecule has 6 nitrogen and oxygen atoms in total. The Morgan fingerprint density at radius 2 is 0.542 bits per heavy atom. The van der Waals surface area contributed by atoms with E-state index >= 15 is 0 Å². The van der Waals surface area contributed by atoms with Gasteiger partial charge < -0.3 is 27.9 Å². The minimum Gasteiger partial charge on any atom is -0.405 e. The molecule has 0 radical (unpaired) electrons. The highest BCUT2D eigenvalue weighted by Gasteiger charge is 2.64. The van der Waals surface area contributed by atoms with Crippen LogP contribution < -0.4 is 5.46 Å². The maximum absolute atomic E-state index is 6.39. The summed E-state index contributed by atoms with van der Waals surface area (Å²) in [7, 11) is -1.31. The predicted molar refractivity (Wildman–Crippen MR) is 355 cm³/mol. The van der Waals surface area contributed by atoms with E-state index in [-0.39, 0.29) is 59.0 Å². The number of halogens is 1. The van der Waals surface area contributed by atoms with Gasteiger partial charge in [-0.25, -0.2) is 0 Å². The van der Waals surface area contributed by atoms with Crippen molar-refractivity contribution in [2.75, 3.05) is 0 Å². The average molecular weight is 1160 g/mol. The molecule has 0 amide bonds. The van der Waals surface area contributed by atoms with Crippen LogP contribution in [0.3, 0.4) is 0 Å². The zero-order chi connectivity index (χ0) is 58.1. The molecular weight excluding hydrogens is 1090 g/mol. The Kier molecular flexibility index (Phi) is 13.4. The number of rotatable bonds is 2. The van der Waals surface area contributed by atoms with Gasteiger partial charge in [-0.1, -0.05) is 172 Å². The standard InChI is InChI=1S/C33H31BO2.C27H19Br.C12H24B2O4.CH4/c1-31(2)29-17-20(34-35-32(3,4)33(5,6)36-34)15-16-25(29)28-18-26-23-13-9-7-11-21(23)22-12-8-10-14-24(22)27(26)19-30(28)31;1-27(2)25-13-16(28)11-12-21(25)24-14-22-19-9-5-3-7-17(19)18-8-4-6-10-20(18)23(22)15-26(24)27;1-9(2)10(3,4)16-13(15-9)14-17-11(5,6)12(7,8)18-14;/h7-19H,1-6H3;3-15H,1-2H3;1-8H3;1H4. The van der Waals surface area contributed by atoms with E-state index < -0.39 is 14.0 Å². The maximum Gasteiger partial charge on any atom is 0.494 e. The summed E-state index contributed by atoms with van der Waals surface area (Å²) < 4.78 is 37.8. The number of benzene rings is 10. The highest BCUT2D eigenvalue weighted by molar-refractivity contribution is 9.10. The first-order valence-corrected chi connectivity index (χ1v) is 30.1. The summed E-state index contributed by atoms with van der Waals surface area (Å²) in [6.07, 6.45) is 0. The lowest BCUT2D eigenvalue weighted by Crippen LogP contribution is -2.41. The molecule has 10 aromatic carbocycles. The van der Waals surface area contributed by atoms with Crippen molar-refractivity contribution >= 4 is 107 Å². The van der Waals surface area contributed by atoms with Crippen LogP contribution in [0, 0.1) is 0 Å². The van der Waals surface area contributed by atoms with Crippen LogP contribution in [0.5, 0.6) is 0 Å². The largest absolute Gasteiger partial charge is 0.494 e. The van der Waals surface area contributed by atoms with E-state index in [1.807, 2.05) is 55.4 Å². The fourth-order valence-corrected chi connectivity index (χ4v) is 13.7. The highest BCUT2D eigenvalue weighted by Crippen LogP contribution is 2.54. The number of hydrogen-bond donors (Lipinski definition) is 0. The molecule has 3 aliphatic heterocycles. The maximum atomic E-state index is 6.39. The third kappa shape index (κ3) is 8.89. The van der Waals surface area contributed by atoms with Gasteiger partial charge in [-0.15, -0.1) is 0 Å². The summed E-state index contributed by atoms with van der Waals surface area (Å²) in [6, 6.07) is 58.5. The van der Waals surface area contributed by atoms with E-state index in [4.69, 9.17) is 27.9 Å². The van der Waals surface area contributed by atoms with E-state index in [1.165, 1.54) is 109 Å². The Morgan fingerprint density at radius 3 is 0.880 bits per heavy atom. The van der Waals surface area contributed by atoms with Crippen molar-refractivity contribution in [3.63, 3.8) is 0 Å². The topological polar surface area (TPSA) is 55.4 Å². The Hall–Kier alpha value is -5.81. The fraction of sp³-hybridized carbons (Fsp3) is 0.342. The zero-order valence-corrected chi connectivity index (χ0v) is 52.2. The molecule has 0 N–H and O–H groups in total. The van der Waals surface area contributed by atoms with E-state index in [9.17, 15) is 0 Å². The van der Waals surface area contributed by atoms with Crippen molar-refractivity contribution in [1.29, 1.82) is 0 Å². The quantitative estimate of drug-likeness (QED) is 0.127. The molecule has 3 fully saturated rings. The molecule has 3 saturated heterocycles. The van der Waals surface area contributed by atoms with Gasteiger partial charge in [0.05, 0.1) is 33.6 Å². The van der Waals surface area contributed by atoms with Crippen LogP contribution in [0.25, 0.3) is 86.9 Å². The molecular formula is C73H78B3BrO6. The lowest BCUT2D eigenvalue weighted by atomic mass is 9.49. The molecule has 10 aromatic rings. The molecule has 83 heavy (non-hydrogen) atoms. The van der Waals surface area contributed by atoms with Gasteiger partial charge in [0, 0.05) is 15.3 Å². The minimum atomic E-state index is -0.476. The first-order valence-electron chi connectivity index (χ1n) is 29.3. The van der Waals surface area contributed by atoms with Crippen LogP contribution in [0.1, 0.15) is 140 Å². The lowest BCUT2D eigenvalue weighted by molar-refractivity contribution is 0.00578. The second-order valence-electron chi connectivity index (χ2n) is 27.7. The van der Waals surface area contributed by atoms with Gasteiger partial charge in [0.25, 0.3) is 0 Å². The molecule has 0 unspecified atom stereocenters.